The maximum absolute atomic E-state index is 14.9. The summed E-state index contributed by atoms with van der Waals surface area (Å²) in [5.74, 6) is -0.316. The van der Waals surface area contributed by atoms with Crippen molar-refractivity contribution in [2.24, 2.45) is 0 Å². The second kappa shape index (κ2) is 9.26. The van der Waals surface area contributed by atoms with Crippen LogP contribution < -0.4 is 15.8 Å². The Morgan fingerprint density at radius 1 is 1.03 bits per heavy atom. The third kappa shape index (κ3) is 4.70. The Morgan fingerprint density at radius 2 is 1.75 bits per heavy atom. The summed E-state index contributed by atoms with van der Waals surface area (Å²) in [6, 6.07) is 13.6. The number of fused-ring (bicyclic) bond motifs is 1. The second-order valence-corrected chi connectivity index (χ2v) is 12.6. The fraction of sp³-hybridized carbons (Fsp3) is 0.240. The molecule has 0 bridgehead atoms. The summed E-state index contributed by atoms with van der Waals surface area (Å²) in [7, 11) is -3.24. The predicted molar refractivity (Wildman–Crippen MR) is 133 cm³/mol. The molecule has 0 saturated carbocycles. The van der Waals surface area contributed by atoms with Crippen LogP contribution in [0.1, 0.15) is 16.8 Å². The molecule has 2 aromatic heterocycles. The van der Waals surface area contributed by atoms with E-state index in [1.54, 1.807) is 35.2 Å². The fourth-order valence-corrected chi connectivity index (χ4v) is 7.73. The SMILES string of the molecule is O=c1[nH]nc(Cc2ccc(F)c([PH]3(O)CCN(c4cc(C(F)(F)F)ccn4)CC3)c2)c2ccccc12. The number of H-pyrrole nitrogens is 1. The number of halogens is 4. The van der Waals surface area contributed by atoms with E-state index in [1.807, 2.05) is 6.07 Å². The van der Waals surface area contributed by atoms with Gasteiger partial charge in [-0.05, 0) is 0 Å². The normalized spacial score (nSPS) is 16.8. The van der Waals surface area contributed by atoms with E-state index in [1.165, 1.54) is 6.07 Å². The number of alkyl halides is 3. The van der Waals surface area contributed by atoms with Gasteiger partial charge >= 0.3 is 204 Å². The van der Waals surface area contributed by atoms with Crippen molar-refractivity contribution in [1.29, 1.82) is 0 Å². The zero-order valence-electron chi connectivity index (χ0n) is 19.0. The summed E-state index contributed by atoms with van der Waals surface area (Å²) in [6.07, 6.45) is -2.52. The van der Waals surface area contributed by atoms with Gasteiger partial charge in [0.05, 0.1) is 0 Å². The van der Waals surface area contributed by atoms with Crippen LogP contribution in [0.2, 0.25) is 0 Å². The summed E-state index contributed by atoms with van der Waals surface area (Å²) in [6.45, 7) is 0.541. The number of pyridine rings is 1. The first-order valence-corrected chi connectivity index (χ1v) is 13.8. The van der Waals surface area contributed by atoms with E-state index < -0.39 is 25.0 Å². The summed E-state index contributed by atoms with van der Waals surface area (Å²) < 4.78 is 54.2. The number of nitrogens with one attached hydrogen (secondary N) is 1. The van der Waals surface area contributed by atoms with Gasteiger partial charge in [-0.1, -0.05) is 0 Å². The molecular formula is C25H23F4N4O2P. The summed E-state index contributed by atoms with van der Waals surface area (Å²) in [4.78, 5) is 29.3. The van der Waals surface area contributed by atoms with E-state index in [9.17, 15) is 27.2 Å². The Bertz CT molecular complexity index is 1480. The zero-order valence-corrected chi connectivity index (χ0v) is 20.0. The summed E-state index contributed by atoms with van der Waals surface area (Å²) in [5.41, 5.74) is 0.284. The van der Waals surface area contributed by atoms with Crippen molar-refractivity contribution in [3.63, 3.8) is 0 Å². The van der Waals surface area contributed by atoms with E-state index in [0.717, 1.165) is 23.9 Å². The van der Waals surface area contributed by atoms with Gasteiger partial charge < -0.3 is 0 Å². The molecule has 3 heterocycles. The van der Waals surface area contributed by atoms with Gasteiger partial charge in [0.25, 0.3) is 0 Å². The second-order valence-electron chi connectivity index (χ2n) is 8.96. The number of hydrogen-bond acceptors (Lipinski definition) is 5. The van der Waals surface area contributed by atoms with E-state index in [4.69, 9.17) is 0 Å². The molecule has 2 aromatic carbocycles. The van der Waals surface area contributed by atoms with Gasteiger partial charge in [0, 0.05) is 0 Å². The third-order valence-corrected chi connectivity index (χ3v) is 10.2. The van der Waals surface area contributed by atoms with Crippen LogP contribution in [0.3, 0.4) is 0 Å². The Morgan fingerprint density at radius 3 is 2.47 bits per heavy atom. The maximum atomic E-state index is 14.9. The van der Waals surface area contributed by atoms with Crippen LogP contribution in [0.15, 0.2) is 65.6 Å². The number of rotatable bonds is 4. The first-order valence-electron chi connectivity index (χ1n) is 11.4. The molecule has 1 aliphatic rings. The molecule has 0 unspecified atom stereocenters. The molecular weight excluding hydrogens is 495 g/mol. The van der Waals surface area contributed by atoms with Crippen molar-refractivity contribution < 1.29 is 22.5 Å². The Labute approximate surface area is 204 Å². The van der Waals surface area contributed by atoms with Gasteiger partial charge in [-0.15, -0.1) is 0 Å². The summed E-state index contributed by atoms with van der Waals surface area (Å²) >= 11 is 0. The molecule has 1 saturated heterocycles. The molecule has 0 atom stereocenters. The number of aromatic nitrogens is 3. The molecule has 36 heavy (non-hydrogen) atoms. The number of nitrogens with zero attached hydrogens (tertiary/aromatic N) is 3. The van der Waals surface area contributed by atoms with Crippen molar-refractivity contribution in [3.8, 4) is 0 Å². The molecule has 11 heteroatoms. The van der Waals surface area contributed by atoms with Crippen LogP contribution in [0.25, 0.3) is 10.8 Å². The average molecular weight is 518 g/mol. The van der Waals surface area contributed by atoms with Gasteiger partial charge in [-0.3, -0.25) is 0 Å². The Hall–Kier alpha value is -3.36. The topological polar surface area (TPSA) is 82.1 Å². The van der Waals surface area contributed by atoms with Crippen molar-refractivity contribution in [3.05, 3.63) is 93.8 Å². The van der Waals surface area contributed by atoms with E-state index in [-0.39, 0.29) is 42.1 Å². The molecule has 0 aliphatic carbocycles. The minimum absolute atomic E-state index is 0.186. The van der Waals surface area contributed by atoms with E-state index in [0.29, 0.717) is 22.9 Å². The monoisotopic (exact) mass is 518 g/mol. The average Bonchev–Trinajstić information content (AvgIpc) is 2.87. The van der Waals surface area contributed by atoms with Crippen molar-refractivity contribution in [2.45, 2.75) is 12.6 Å². The molecule has 6 nitrogen and oxygen atoms in total. The zero-order chi connectivity index (χ0) is 25.5. The van der Waals surface area contributed by atoms with Crippen molar-refractivity contribution in [2.75, 3.05) is 30.3 Å². The van der Waals surface area contributed by atoms with Crippen LogP contribution >= 0.6 is 7.49 Å². The van der Waals surface area contributed by atoms with Gasteiger partial charge in [0.1, 0.15) is 0 Å². The molecule has 188 valence electrons. The number of aromatic amines is 1. The molecule has 0 amide bonds. The Kier molecular flexibility index (Phi) is 6.26. The molecule has 4 aromatic rings. The standard InChI is InChI=1S/C25H23F4N4O2P/c26-20-6-5-16(13-21-18-3-1-2-4-19(18)24(34)32-31-21)14-22(20)36(35)11-9-33(10-12-36)23-15-17(7-8-30-23)25(27,28)29/h1-8,14-15,35-36H,9-13H2,(H,32,34). The molecule has 0 spiro atoms. The van der Waals surface area contributed by atoms with Crippen LogP contribution in [0.4, 0.5) is 23.4 Å². The fourth-order valence-electron chi connectivity index (χ4n) is 4.68. The first kappa shape index (κ1) is 24.3. The number of anilines is 1. The van der Waals surface area contributed by atoms with Crippen LogP contribution in [0, 0.1) is 5.82 Å². The van der Waals surface area contributed by atoms with Crippen LogP contribution in [0.5, 0.6) is 0 Å². The molecule has 2 N–H and O–H groups in total. The summed E-state index contributed by atoms with van der Waals surface area (Å²) in [5, 5.41) is 8.14. The minimum atomic E-state index is -4.47. The van der Waals surface area contributed by atoms with Gasteiger partial charge in [-0.25, -0.2) is 0 Å². The van der Waals surface area contributed by atoms with Crippen LogP contribution in [-0.4, -0.2) is 45.5 Å². The van der Waals surface area contributed by atoms with Gasteiger partial charge in [-0.2, -0.15) is 0 Å². The van der Waals surface area contributed by atoms with Gasteiger partial charge in [0.2, 0.25) is 0 Å². The third-order valence-electron chi connectivity index (χ3n) is 6.67. The first-order chi connectivity index (χ1) is 17.1. The predicted octanol–water partition coefficient (Wildman–Crippen LogP) is 3.87. The van der Waals surface area contributed by atoms with E-state index >= 15 is 0 Å². The quantitative estimate of drug-likeness (QED) is 0.317. The van der Waals surface area contributed by atoms with Gasteiger partial charge in [0.15, 0.2) is 0 Å². The molecule has 1 fully saturated rings. The van der Waals surface area contributed by atoms with Crippen molar-refractivity contribution in [1.82, 2.24) is 15.2 Å². The molecule has 1 aliphatic heterocycles. The molecule has 0 radical (unpaired) electrons. The molecule has 5 rings (SSSR count). The van der Waals surface area contributed by atoms with Crippen molar-refractivity contribution >= 4 is 29.4 Å². The number of benzene rings is 2. The van der Waals surface area contributed by atoms with Crippen LogP contribution in [-0.2, 0) is 12.6 Å². The van der Waals surface area contributed by atoms with E-state index in [2.05, 4.69) is 15.2 Å². The Balaban J connectivity index is 1.38. The number of hydrogen-bond donors (Lipinski definition) is 2.